The van der Waals surface area contributed by atoms with Crippen LogP contribution in [0.25, 0.3) is 0 Å². The predicted octanol–water partition coefficient (Wildman–Crippen LogP) is 1.64. The van der Waals surface area contributed by atoms with E-state index in [1.165, 1.54) is 0 Å². The summed E-state index contributed by atoms with van der Waals surface area (Å²) in [6, 6.07) is 3.44. The lowest BCUT2D eigenvalue weighted by molar-refractivity contribution is -0.184. The molecule has 1 heterocycles. The van der Waals surface area contributed by atoms with Crippen molar-refractivity contribution < 1.29 is 18.0 Å². The zero-order valence-corrected chi connectivity index (χ0v) is 8.66. The SMILES string of the molecule is CN(CCc1cccnc1)C(=O)C(F)(F)F. The zero-order valence-electron chi connectivity index (χ0n) is 8.66. The highest BCUT2D eigenvalue weighted by Crippen LogP contribution is 2.17. The van der Waals surface area contributed by atoms with Gasteiger partial charge in [-0.3, -0.25) is 9.78 Å². The molecule has 0 unspecified atom stereocenters. The summed E-state index contributed by atoms with van der Waals surface area (Å²) in [5, 5.41) is 0. The number of alkyl halides is 3. The predicted molar refractivity (Wildman–Crippen MR) is 51.6 cm³/mol. The Morgan fingerprint density at radius 1 is 1.50 bits per heavy atom. The third-order valence-electron chi connectivity index (χ3n) is 2.05. The third-order valence-corrected chi connectivity index (χ3v) is 2.05. The highest BCUT2D eigenvalue weighted by molar-refractivity contribution is 5.81. The minimum atomic E-state index is -4.80. The summed E-state index contributed by atoms with van der Waals surface area (Å²) in [6.45, 7) is 0.0179. The van der Waals surface area contributed by atoms with Gasteiger partial charge < -0.3 is 4.90 Å². The Labute approximate surface area is 90.9 Å². The monoisotopic (exact) mass is 232 g/mol. The Hall–Kier alpha value is -1.59. The molecule has 0 spiro atoms. The number of amides is 1. The molecule has 0 radical (unpaired) electrons. The summed E-state index contributed by atoms with van der Waals surface area (Å²) in [5.41, 5.74) is 0.796. The largest absolute Gasteiger partial charge is 0.471 e. The van der Waals surface area contributed by atoms with Gasteiger partial charge in [-0.1, -0.05) is 6.07 Å². The number of pyridine rings is 1. The van der Waals surface area contributed by atoms with Gasteiger partial charge in [0, 0.05) is 26.0 Å². The van der Waals surface area contributed by atoms with E-state index in [-0.39, 0.29) is 6.54 Å². The lowest BCUT2D eigenvalue weighted by Gasteiger charge is -2.18. The maximum Gasteiger partial charge on any atom is 0.471 e. The average Bonchev–Trinajstić information content (AvgIpc) is 2.25. The number of aromatic nitrogens is 1. The molecule has 0 fully saturated rings. The van der Waals surface area contributed by atoms with Crippen molar-refractivity contribution in [2.75, 3.05) is 13.6 Å². The topological polar surface area (TPSA) is 33.2 Å². The van der Waals surface area contributed by atoms with Crippen molar-refractivity contribution in [2.45, 2.75) is 12.6 Å². The molecule has 0 saturated heterocycles. The summed E-state index contributed by atoms with van der Waals surface area (Å²) < 4.78 is 36.1. The van der Waals surface area contributed by atoms with Crippen LogP contribution in [0.15, 0.2) is 24.5 Å². The molecule has 0 aliphatic carbocycles. The highest BCUT2D eigenvalue weighted by Gasteiger charge is 2.40. The van der Waals surface area contributed by atoms with Crippen LogP contribution < -0.4 is 0 Å². The van der Waals surface area contributed by atoms with Crippen LogP contribution in [-0.4, -0.2) is 35.6 Å². The van der Waals surface area contributed by atoms with Gasteiger partial charge in [0.1, 0.15) is 0 Å². The van der Waals surface area contributed by atoms with Gasteiger partial charge in [0.25, 0.3) is 0 Å². The standard InChI is InChI=1S/C10H11F3N2O/c1-15(9(16)10(11,12)13)6-4-8-3-2-5-14-7-8/h2-3,5,7H,4,6H2,1H3. The number of halogens is 3. The first-order valence-corrected chi connectivity index (χ1v) is 4.62. The fourth-order valence-electron chi connectivity index (χ4n) is 1.16. The van der Waals surface area contributed by atoms with Gasteiger partial charge in [0.15, 0.2) is 0 Å². The van der Waals surface area contributed by atoms with E-state index in [1.807, 2.05) is 0 Å². The molecule has 0 aromatic carbocycles. The quantitative estimate of drug-likeness (QED) is 0.793. The highest BCUT2D eigenvalue weighted by atomic mass is 19.4. The van der Waals surface area contributed by atoms with Crippen LogP contribution in [0.4, 0.5) is 13.2 Å². The Morgan fingerprint density at radius 3 is 2.69 bits per heavy atom. The van der Waals surface area contributed by atoms with Crippen LogP contribution in [0, 0.1) is 0 Å². The number of carbonyl (C=O) groups is 1. The van der Waals surface area contributed by atoms with E-state index >= 15 is 0 Å². The number of hydrogen-bond donors (Lipinski definition) is 0. The molecule has 0 atom stereocenters. The minimum absolute atomic E-state index is 0.0179. The van der Waals surface area contributed by atoms with Crippen molar-refractivity contribution >= 4 is 5.91 Å². The van der Waals surface area contributed by atoms with Crippen LogP contribution in [0.5, 0.6) is 0 Å². The fraction of sp³-hybridized carbons (Fsp3) is 0.400. The maximum absolute atomic E-state index is 12.0. The molecule has 88 valence electrons. The van der Waals surface area contributed by atoms with Gasteiger partial charge in [-0.2, -0.15) is 13.2 Å². The second-order valence-corrected chi connectivity index (χ2v) is 3.34. The van der Waals surface area contributed by atoms with Crippen molar-refractivity contribution in [3.05, 3.63) is 30.1 Å². The minimum Gasteiger partial charge on any atom is -0.338 e. The number of nitrogens with zero attached hydrogens (tertiary/aromatic N) is 2. The van der Waals surface area contributed by atoms with Crippen LogP contribution >= 0.6 is 0 Å². The van der Waals surface area contributed by atoms with Crippen molar-refractivity contribution in [3.8, 4) is 0 Å². The lowest BCUT2D eigenvalue weighted by atomic mass is 10.2. The molecule has 16 heavy (non-hydrogen) atoms. The van der Waals surface area contributed by atoms with E-state index in [0.717, 1.165) is 12.6 Å². The summed E-state index contributed by atoms with van der Waals surface area (Å²) in [5.74, 6) is -1.82. The summed E-state index contributed by atoms with van der Waals surface area (Å²) in [4.78, 5) is 15.3. The molecule has 0 aliphatic rings. The van der Waals surface area contributed by atoms with E-state index in [0.29, 0.717) is 11.3 Å². The Bertz CT molecular complexity index is 351. The van der Waals surface area contributed by atoms with Crippen molar-refractivity contribution in [2.24, 2.45) is 0 Å². The average molecular weight is 232 g/mol. The third kappa shape index (κ3) is 3.52. The van der Waals surface area contributed by atoms with E-state index in [1.54, 1.807) is 24.5 Å². The van der Waals surface area contributed by atoms with Crippen LogP contribution in [0.3, 0.4) is 0 Å². The number of likely N-dealkylation sites (N-methyl/N-ethyl adjacent to an activating group) is 1. The van der Waals surface area contributed by atoms with E-state index in [2.05, 4.69) is 4.98 Å². The van der Waals surface area contributed by atoms with E-state index < -0.39 is 12.1 Å². The Balaban J connectivity index is 2.48. The smallest absolute Gasteiger partial charge is 0.338 e. The summed E-state index contributed by atoms with van der Waals surface area (Å²) in [7, 11) is 1.13. The van der Waals surface area contributed by atoms with Crippen LogP contribution in [-0.2, 0) is 11.2 Å². The first kappa shape index (κ1) is 12.5. The first-order chi connectivity index (χ1) is 7.41. The van der Waals surface area contributed by atoms with Gasteiger partial charge in [-0.15, -0.1) is 0 Å². The fourth-order valence-corrected chi connectivity index (χ4v) is 1.16. The zero-order chi connectivity index (χ0) is 12.2. The molecule has 1 aromatic rings. The maximum atomic E-state index is 12.0. The number of rotatable bonds is 3. The van der Waals surface area contributed by atoms with Gasteiger partial charge >= 0.3 is 12.1 Å². The second-order valence-electron chi connectivity index (χ2n) is 3.34. The molecule has 0 bridgehead atoms. The molecule has 3 nitrogen and oxygen atoms in total. The van der Waals surface area contributed by atoms with Gasteiger partial charge in [0.05, 0.1) is 0 Å². The van der Waals surface area contributed by atoms with Gasteiger partial charge in [0.2, 0.25) is 0 Å². The summed E-state index contributed by atoms with van der Waals surface area (Å²) >= 11 is 0. The number of hydrogen-bond acceptors (Lipinski definition) is 2. The molecule has 0 saturated carbocycles. The molecule has 0 N–H and O–H groups in total. The summed E-state index contributed by atoms with van der Waals surface area (Å²) in [6.07, 6.45) is -1.31. The Morgan fingerprint density at radius 2 is 2.19 bits per heavy atom. The van der Waals surface area contributed by atoms with Crippen LogP contribution in [0.1, 0.15) is 5.56 Å². The lowest BCUT2D eigenvalue weighted by Crippen LogP contribution is -2.39. The van der Waals surface area contributed by atoms with E-state index in [9.17, 15) is 18.0 Å². The van der Waals surface area contributed by atoms with Crippen LogP contribution in [0.2, 0.25) is 0 Å². The van der Waals surface area contributed by atoms with Crippen molar-refractivity contribution in [1.29, 1.82) is 0 Å². The van der Waals surface area contributed by atoms with E-state index in [4.69, 9.17) is 0 Å². The first-order valence-electron chi connectivity index (χ1n) is 4.62. The normalized spacial score (nSPS) is 11.2. The molecule has 6 heteroatoms. The Kier molecular flexibility index (Phi) is 3.87. The molecular weight excluding hydrogens is 221 g/mol. The second kappa shape index (κ2) is 4.96. The molecule has 1 aromatic heterocycles. The molecule has 1 rings (SSSR count). The van der Waals surface area contributed by atoms with Gasteiger partial charge in [-0.25, -0.2) is 0 Å². The molecule has 0 aliphatic heterocycles. The molecular formula is C10H11F3N2O. The van der Waals surface area contributed by atoms with Gasteiger partial charge in [-0.05, 0) is 18.1 Å². The van der Waals surface area contributed by atoms with Crippen molar-refractivity contribution in [3.63, 3.8) is 0 Å². The number of carbonyl (C=O) groups excluding carboxylic acids is 1. The molecule has 1 amide bonds. The van der Waals surface area contributed by atoms with Crippen molar-refractivity contribution in [1.82, 2.24) is 9.88 Å².